The van der Waals surface area contributed by atoms with Gasteiger partial charge in [-0.05, 0) is 47.9 Å². The number of carbonyl (C=O) groups excluding carboxylic acids is 1. The first-order valence-electron chi connectivity index (χ1n) is 9.04. The van der Waals surface area contributed by atoms with Crippen molar-refractivity contribution in [1.29, 1.82) is 0 Å². The number of carbonyl (C=O) groups is 2. The fourth-order valence-electron chi connectivity index (χ4n) is 3.87. The average molecular weight is 368 g/mol. The molecule has 0 heterocycles. The summed E-state index contributed by atoms with van der Waals surface area (Å²) in [6.45, 7) is 12.3. The second-order valence-corrected chi connectivity index (χ2v) is 8.99. The van der Waals surface area contributed by atoms with Crippen LogP contribution in [0, 0.1) is 12.3 Å². The van der Waals surface area contributed by atoms with Crippen LogP contribution in [0.2, 0.25) is 0 Å². The number of hydrogen-bond acceptors (Lipinski definition) is 3. The summed E-state index contributed by atoms with van der Waals surface area (Å²) < 4.78 is 0. The lowest BCUT2D eigenvalue weighted by Gasteiger charge is -2.34. The number of phenolic OH excluding ortho intramolecular Hbond substituents is 1. The maximum atomic E-state index is 13.1. The van der Waals surface area contributed by atoms with Crippen molar-refractivity contribution >= 4 is 11.8 Å². The highest BCUT2D eigenvalue weighted by Crippen LogP contribution is 2.41. The van der Waals surface area contributed by atoms with Gasteiger partial charge in [-0.1, -0.05) is 52.8 Å². The van der Waals surface area contributed by atoms with E-state index in [4.69, 9.17) is 0 Å². The van der Waals surface area contributed by atoms with Crippen LogP contribution in [0.3, 0.4) is 0 Å². The van der Waals surface area contributed by atoms with Crippen molar-refractivity contribution in [3.8, 4) is 5.75 Å². The molecule has 0 atom stereocenters. The van der Waals surface area contributed by atoms with Crippen LogP contribution >= 0.6 is 0 Å². The molecule has 0 aromatic heterocycles. The summed E-state index contributed by atoms with van der Waals surface area (Å²) in [4.78, 5) is 24.5. The van der Waals surface area contributed by atoms with Gasteiger partial charge < -0.3 is 10.2 Å². The van der Waals surface area contributed by atoms with Crippen molar-refractivity contribution in [2.45, 2.75) is 53.4 Å². The lowest BCUT2D eigenvalue weighted by atomic mass is 9.71. The Morgan fingerprint density at radius 1 is 0.963 bits per heavy atom. The zero-order valence-corrected chi connectivity index (χ0v) is 16.9. The molecule has 4 nitrogen and oxygen atoms in total. The van der Waals surface area contributed by atoms with Gasteiger partial charge in [0.1, 0.15) is 5.75 Å². The van der Waals surface area contributed by atoms with Gasteiger partial charge in [0.2, 0.25) is 0 Å². The van der Waals surface area contributed by atoms with Crippen molar-refractivity contribution in [3.05, 3.63) is 64.2 Å². The van der Waals surface area contributed by atoms with Gasteiger partial charge in [0.25, 0.3) is 0 Å². The number of benzene rings is 2. The van der Waals surface area contributed by atoms with E-state index in [-0.39, 0.29) is 33.5 Å². The van der Waals surface area contributed by atoms with Gasteiger partial charge in [0, 0.05) is 16.7 Å². The molecule has 2 N–H and O–H groups in total. The third kappa shape index (κ3) is 4.57. The molecular formula is C23H28O4. The molecule has 0 radical (unpaired) electrons. The highest BCUT2D eigenvalue weighted by atomic mass is 16.4. The number of hydrogen-bond donors (Lipinski definition) is 2. The first-order chi connectivity index (χ1) is 12.3. The summed E-state index contributed by atoms with van der Waals surface area (Å²) in [7, 11) is 0. The van der Waals surface area contributed by atoms with Crippen LogP contribution in [-0.2, 0) is 5.41 Å². The standard InChI is InChI=1S/C23H28O4/c1-14-11-15(20(25)16-9-7-8-10-17(16)21(26)27)12-18(19(14)24)23(5,6)13-22(2,3)4/h7-12,24H,13H2,1-6H3,(H,26,27). The van der Waals surface area contributed by atoms with Crippen LogP contribution < -0.4 is 0 Å². The molecule has 0 aliphatic rings. The molecule has 0 spiro atoms. The number of ketones is 1. The zero-order valence-electron chi connectivity index (χ0n) is 16.9. The van der Waals surface area contributed by atoms with E-state index < -0.39 is 5.97 Å². The fourth-order valence-corrected chi connectivity index (χ4v) is 3.87. The molecule has 0 unspecified atom stereocenters. The van der Waals surface area contributed by atoms with Crippen LogP contribution in [0.5, 0.6) is 5.75 Å². The van der Waals surface area contributed by atoms with Gasteiger partial charge in [-0.2, -0.15) is 0 Å². The number of aromatic hydroxyl groups is 1. The van der Waals surface area contributed by atoms with Crippen LogP contribution in [-0.4, -0.2) is 22.0 Å². The van der Waals surface area contributed by atoms with Gasteiger partial charge in [0.05, 0.1) is 5.56 Å². The number of aromatic carboxylic acids is 1. The largest absolute Gasteiger partial charge is 0.507 e. The Kier molecular flexibility index (Phi) is 5.50. The van der Waals surface area contributed by atoms with Crippen molar-refractivity contribution in [1.82, 2.24) is 0 Å². The van der Waals surface area contributed by atoms with Crippen molar-refractivity contribution < 1.29 is 19.8 Å². The van der Waals surface area contributed by atoms with Crippen LogP contribution in [0.1, 0.15) is 78.4 Å². The number of rotatable bonds is 5. The molecule has 0 aliphatic heterocycles. The first kappa shape index (κ1) is 20.7. The molecule has 0 saturated heterocycles. The molecule has 2 aromatic carbocycles. The molecule has 27 heavy (non-hydrogen) atoms. The Morgan fingerprint density at radius 3 is 2.04 bits per heavy atom. The highest BCUT2D eigenvalue weighted by Gasteiger charge is 2.31. The van der Waals surface area contributed by atoms with Gasteiger partial charge in [0.15, 0.2) is 5.78 Å². The zero-order chi connectivity index (χ0) is 20.6. The average Bonchev–Trinajstić information content (AvgIpc) is 2.54. The molecule has 144 valence electrons. The number of carboxylic acids is 1. The second kappa shape index (κ2) is 7.18. The maximum Gasteiger partial charge on any atom is 0.336 e. The van der Waals surface area contributed by atoms with E-state index in [0.717, 1.165) is 6.42 Å². The Morgan fingerprint density at radius 2 is 1.52 bits per heavy atom. The van der Waals surface area contributed by atoms with E-state index in [2.05, 4.69) is 20.8 Å². The number of phenols is 1. The Bertz CT molecular complexity index is 886. The molecule has 2 aromatic rings. The molecule has 0 saturated carbocycles. The van der Waals surface area contributed by atoms with Crippen LogP contribution in [0.25, 0.3) is 0 Å². The minimum Gasteiger partial charge on any atom is -0.507 e. The normalized spacial score (nSPS) is 12.1. The SMILES string of the molecule is Cc1cc(C(=O)c2ccccc2C(=O)O)cc(C(C)(C)CC(C)(C)C)c1O. The van der Waals surface area contributed by atoms with Gasteiger partial charge >= 0.3 is 5.97 Å². The molecule has 0 bridgehead atoms. The second-order valence-electron chi connectivity index (χ2n) is 8.99. The lowest BCUT2D eigenvalue weighted by Crippen LogP contribution is -2.25. The summed E-state index contributed by atoms with van der Waals surface area (Å²) in [5.74, 6) is -1.31. The topological polar surface area (TPSA) is 74.6 Å². The Labute approximate surface area is 160 Å². The third-order valence-corrected chi connectivity index (χ3v) is 4.67. The molecule has 2 rings (SSSR count). The summed E-state index contributed by atoms with van der Waals surface area (Å²) in [6, 6.07) is 9.51. The molecular weight excluding hydrogens is 340 g/mol. The van der Waals surface area contributed by atoms with Crippen LogP contribution in [0.4, 0.5) is 0 Å². The van der Waals surface area contributed by atoms with E-state index in [1.54, 1.807) is 31.2 Å². The van der Waals surface area contributed by atoms with Crippen molar-refractivity contribution in [2.75, 3.05) is 0 Å². The van der Waals surface area contributed by atoms with Gasteiger partial charge in [-0.3, -0.25) is 4.79 Å². The van der Waals surface area contributed by atoms with E-state index in [9.17, 15) is 19.8 Å². The summed E-state index contributed by atoms with van der Waals surface area (Å²) in [5.41, 5.74) is 1.50. The highest BCUT2D eigenvalue weighted by molar-refractivity contribution is 6.14. The first-order valence-corrected chi connectivity index (χ1v) is 9.04. The monoisotopic (exact) mass is 368 g/mol. The van der Waals surface area contributed by atoms with E-state index in [0.29, 0.717) is 16.7 Å². The minimum atomic E-state index is -1.14. The Hall–Kier alpha value is -2.62. The molecule has 4 heteroatoms. The van der Waals surface area contributed by atoms with Crippen molar-refractivity contribution in [3.63, 3.8) is 0 Å². The van der Waals surface area contributed by atoms with Gasteiger partial charge in [-0.25, -0.2) is 4.79 Å². The third-order valence-electron chi connectivity index (χ3n) is 4.67. The van der Waals surface area contributed by atoms with E-state index in [1.165, 1.54) is 12.1 Å². The minimum absolute atomic E-state index is 0.0243. The summed E-state index contributed by atoms with van der Waals surface area (Å²) >= 11 is 0. The molecule has 0 aliphatic carbocycles. The van der Waals surface area contributed by atoms with E-state index >= 15 is 0 Å². The maximum absolute atomic E-state index is 13.1. The summed E-state index contributed by atoms with van der Waals surface area (Å²) in [5, 5.41) is 20.0. The van der Waals surface area contributed by atoms with Gasteiger partial charge in [-0.15, -0.1) is 0 Å². The predicted molar refractivity (Wildman–Crippen MR) is 107 cm³/mol. The summed E-state index contributed by atoms with van der Waals surface area (Å²) in [6.07, 6.45) is 0.816. The lowest BCUT2D eigenvalue weighted by molar-refractivity contribution is 0.0692. The smallest absolute Gasteiger partial charge is 0.336 e. The van der Waals surface area contributed by atoms with Crippen LogP contribution in [0.15, 0.2) is 36.4 Å². The quantitative estimate of drug-likeness (QED) is 0.698. The predicted octanol–water partition coefficient (Wildman–Crippen LogP) is 5.34. The number of aryl methyl sites for hydroxylation is 1. The fraction of sp³-hybridized carbons (Fsp3) is 0.391. The van der Waals surface area contributed by atoms with Crippen molar-refractivity contribution in [2.24, 2.45) is 5.41 Å². The molecule has 0 fully saturated rings. The Balaban J connectivity index is 2.59. The number of carboxylic acid groups (broad SMARTS) is 1. The molecule has 0 amide bonds. The van der Waals surface area contributed by atoms with E-state index in [1.807, 2.05) is 13.8 Å².